The molecule has 12 rings (SSSR count). The van der Waals surface area contributed by atoms with E-state index in [9.17, 15) is 0 Å². The Morgan fingerprint density at radius 2 is 1.02 bits per heavy atom. The van der Waals surface area contributed by atoms with E-state index in [1.165, 1.54) is 55.3 Å². The van der Waals surface area contributed by atoms with Crippen molar-refractivity contribution >= 4 is 33.1 Å². The highest BCUT2D eigenvalue weighted by atomic mass is 15.1. The molecule has 2 aliphatic carbocycles. The molecule has 1 aromatic heterocycles. The first-order chi connectivity index (χ1) is 28.3. The van der Waals surface area contributed by atoms with Gasteiger partial charge in [0.2, 0.25) is 0 Å². The summed E-state index contributed by atoms with van der Waals surface area (Å²) in [6.45, 7) is 0. The molecular formula is C54H35N3. The highest BCUT2D eigenvalue weighted by Gasteiger charge is 2.52. The Morgan fingerprint density at radius 1 is 0.439 bits per heavy atom. The molecule has 57 heavy (non-hydrogen) atoms. The number of allylic oxidation sites excluding steroid dienone is 1. The van der Waals surface area contributed by atoms with Gasteiger partial charge < -0.3 is 5.32 Å². The van der Waals surface area contributed by atoms with Crippen LogP contribution in [-0.2, 0) is 5.41 Å². The van der Waals surface area contributed by atoms with Crippen LogP contribution >= 0.6 is 0 Å². The van der Waals surface area contributed by atoms with Crippen LogP contribution in [0.2, 0.25) is 0 Å². The lowest BCUT2D eigenvalue weighted by Gasteiger charge is -2.30. The first-order valence-electron chi connectivity index (χ1n) is 19.7. The van der Waals surface area contributed by atoms with Crippen LogP contribution < -0.4 is 5.32 Å². The van der Waals surface area contributed by atoms with Crippen molar-refractivity contribution in [3.8, 4) is 33.5 Å². The van der Waals surface area contributed by atoms with Crippen molar-refractivity contribution in [1.29, 1.82) is 0 Å². The maximum atomic E-state index is 5.52. The lowest BCUT2D eigenvalue weighted by Crippen LogP contribution is -2.25. The predicted molar refractivity (Wildman–Crippen MR) is 234 cm³/mol. The average molecular weight is 726 g/mol. The number of rotatable bonds is 4. The lowest BCUT2D eigenvalue weighted by molar-refractivity contribution is 0.664. The fraction of sp³-hybridized carbons (Fsp3) is 0.0370. The summed E-state index contributed by atoms with van der Waals surface area (Å²) < 4.78 is 0. The van der Waals surface area contributed by atoms with Gasteiger partial charge in [0.05, 0.1) is 22.3 Å². The summed E-state index contributed by atoms with van der Waals surface area (Å²) in [5.74, 6) is 0. The Hall–Kier alpha value is -7.36. The number of fused-ring (bicyclic) bond motifs is 14. The fourth-order valence-corrected chi connectivity index (χ4v) is 9.90. The summed E-state index contributed by atoms with van der Waals surface area (Å²) in [6, 6.07) is 70.3. The third kappa shape index (κ3) is 4.60. The van der Waals surface area contributed by atoms with E-state index in [2.05, 4.69) is 199 Å². The number of nitrogens with one attached hydrogen (secondary N) is 1. The normalized spacial score (nSPS) is 15.7. The fourth-order valence-electron chi connectivity index (χ4n) is 9.90. The Labute approximate surface area is 331 Å². The monoisotopic (exact) mass is 725 g/mol. The molecule has 0 fully saturated rings. The number of nitrogens with zero attached hydrogens (tertiary/aromatic N) is 2. The zero-order chi connectivity index (χ0) is 37.5. The highest BCUT2D eigenvalue weighted by Crippen LogP contribution is 2.64. The summed E-state index contributed by atoms with van der Waals surface area (Å²) in [7, 11) is 0. The molecule has 3 heteroatoms. The highest BCUT2D eigenvalue weighted by molar-refractivity contribution is 6.19. The van der Waals surface area contributed by atoms with Crippen molar-refractivity contribution in [2.45, 2.75) is 11.6 Å². The van der Waals surface area contributed by atoms with Crippen LogP contribution in [0.4, 0.5) is 0 Å². The lowest BCUT2D eigenvalue weighted by atomic mass is 9.70. The SMILES string of the molecule is C1=C(c2ccccc2)NC(c2ccc(-c3nc4ccccc4c4ccc5c(c34)-c3ccccc3C53c4ccccc4-c4ccccc43)cc2)N=C1c1ccccc1. The Kier molecular flexibility index (Phi) is 6.91. The van der Waals surface area contributed by atoms with Gasteiger partial charge in [-0.1, -0.05) is 188 Å². The smallest absolute Gasteiger partial charge is 0.145 e. The van der Waals surface area contributed by atoms with Gasteiger partial charge in [0, 0.05) is 22.0 Å². The zero-order valence-electron chi connectivity index (χ0n) is 31.0. The van der Waals surface area contributed by atoms with Crippen molar-refractivity contribution in [3.05, 3.63) is 239 Å². The van der Waals surface area contributed by atoms with Gasteiger partial charge in [-0.3, -0.25) is 4.99 Å². The number of aliphatic imine (C=N–C) groups is 1. The van der Waals surface area contributed by atoms with Crippen LogP contribution in [0.1, 0.15) is 45.1 Å². The van der Waals surface area contributed by atoms with E-state index in [-0.39, 0.29) is 6.17 Å². The predicted octanol–water partition coefficient (Wildman–Crippen LogP) is 12.5. The zero-order valence-corrected chi connectivity index (χ0v) is 31.0. The van der Waals surface area contributed by atoms with Crippen LogP contribution in [0.3, 0.4) is 0 Å². The van der Waals surface area contributed by atoms with E-state index in [1.54, 1.807) is 0 Å². The van der Waals surface area contributed by atoms with E-state index in [4.69, 9.17) is 9.98 Å². The van der Waals surface area contributed by atoms with Gasteiger partial charge in [0.25, 0.3) is 0 Å². The van der Waals surface area contributed by atoms with Crippen molar-refractivity contribution in [1.82, 2.24) is 10.3 Å². The molecule has 1 N–H and O–H groups in total. The van der Waals surface area contributed by atoms with Gasteiger partial charge >= 0.3 is 0 Å². The minimum atomic E-state index is -0.425. The summed E-state index contributed by atoms with van der Waals surface area (Å²) in [5, 5.41) is 7.32. The molecule has 9 aromatic rings. The number of hydrogen-bond acceptors (Lipinski definition) is 3. The molecule has 1 atom stereocenters. The van der Waals surface area contributed by atoms with E-state index in [1.807, 2.05) is 6.07 Å². The first-order valence-corrected chi connectivity index (χ1v) is 19.7. The van der Waals surface area contributed by atoms with Crippen LogP contribution in [0.15, 0.2) is 205 Å². The molecule has 266 valence electrons. The minimum absolute atomic E-state index is 0.255. The summed E-state index contributed by atoms with van der Waals surface area (Å²) in [5.41, 5.74) is 18.5. The van der Waals surface area contributed by atoms with Crippen molar-refractivity contribution in [3.63, 3.8) is 0 Å². The molecule has 2 heterocycles. The number of para-hydroxylation sites is 1. The molecule has 1 spiro atoms. The molecule has 3 nitrogen and oxygen atoms in total. The van der Waals surface area contributed by atoms with E-state index >= 15 is 0 Å². The van der Waals surface area contributed by atoms with Gasteiger partial charge in [0.1, 0.15) is 6.17 Å². The molecule has 3 aliphatic rings. The van der Waals surface area contributed by atoms with Gasteiger partial charge in [-0.2, -0.15) is 0 Å². The molecular weight excluding hydrogens is 691 g/mol. The number of pyridine rings is 1. The van der Waals surface area contributed by atoms with Gasteiger partial charge in [-0.15, -0.1) is 0 Å². The number of hydrogen-bond donors (Lipinski definition) is 1. The minimum Gasteiger partial charge on any atom is -0.360 e. The molecule has 0 saturated carbocycles. The topological polar surface area (TPSA) is 37.3 Å². The van der Waals surface area contributed by atoms with Crippen LogP contribution in [0.25, 0.3) is 60.9 Å². The first kappa shape index (κ1) is 31.9. The Morgan fingerprint density at radius 3 is 1.72 bits per heavy atom. The molecule has 0 saturated heterocycles. The maximum Gasteiger partial charge on any atom is 0.145 e. The summed E-state index contributed by atoms with van der Waals surface area (Å²) >= 11 is 0. The molecule has 1 aliphatic heterocycles. The van der Waals surface area contributed by atoms with Gasteiger partial charge in [-0.05, 0) is 78.7 Å². The summed E-state index contributed by atoms with van der Waals surface area (Å²) in [6.07, 6.45) is 1.90. The third-order valence-corrected chi connectivity index (χ3v) is 12.3. The third-order valence-electron chi connectivity index (χ3n) is 12.3. The second-order valence-corrected chi connectivity index (χ2v) is 15.2. The van der Waals surface area contributed by atoms with Crippen molar-refractivity contribution in [2.24, 2.45) is 4.99 Å². The maximum absolute atomic E-state index is 5.52. The van der Waals surface area contributed by atoms with Crippen molar-refractivity contribution in [2.75, 3.05) is 0 Å². The number of aromatic nitrogens is 1. The quantitative estimate of drug-likeness (QED) is 0.183. The largest absolute Gasteiger partial charge is 0.360 e. The molecule has 0 radical (unpaired) electrons. The average Bonchev–Trinajstić information content (AvgIpc) is 3.77. The van der Waals surface area contributed by atoms with Crippen LogP contribution in [0, 0.1) is 0 Å². The van der Waals surface area contributed by atoms with Gasteiger partial charge in [-0.25, -0.2) is 4.98 Å². The second kappa shape index (κ2) is 12.3. The Bertz CT molecular complexity index is 3100. The van der Waals surface area contributed by atoms with E-state index in [0.29, 0.717) is 0 Å². The van der Waals surface area contributed by atoms with Crippen LogP contribution in [-0.4, -0.2) is 10.7 Å². The Balaban J connectivity index is 1.07. The second-order valence-electron chi connectivity index (χ2n) is 15.2. The van der Waals surface area contributed by atoms with Crippen LogP contribution in [0.5, 0.6) is 0 Å². The molecule has 8 aromatic carbocycles. The molecule has 1 unspecified atom stereocenters. The van der Waals surface area contributed by atoms with E-state index < -0.39 is 5.41 Å². The standard InChI is InChI=1S/C54H35N3/c1-3-15-34(16-4-1)48-33-49(35-17-5-2-6-18-35)57-53(56-48)37-29-27-36(28-30-37)52-51-41(40-21-10-14-26-47(40)55-52)31-32-46-50(51)42-22-9-13-25-45(42)54(46)43-23-11-7-19-38(43)39-20-8-12-24-44(39)54/h1-33,53,56H. The van der Waals surface area contributed by atoms with E-state index in [0.717, 1.165) is 50.3 Å². The molecule has 0 bridgehead atoms. The van der Waals surface area contributed by atoms with Gasteiger partial charge in [0.15, 0.2) is 0 Å². The molecule has 0 amide bonds. The van der Waals surface area contributed by atoms with Crippen molar-refractivity contribution < 1.29 is 0 Å². The number of benzene rings is 8. The summed E-state index contributed by atoms with van der Waals surface area (Å²) in [4.78, 5) is 10.8.